The van der Waals surface area contributed by atoms with Crippen LogP contribution in [0, 0.1) is 18.6 Å². The van der Waals surface area contributed by atoms with E-state index in [1.54, 1.807) is 0 Å². The van der Waals surface area contributed by atoms with Gasteiger partial charge < -0.3 is 5.73 Å². The Morgan fingerprint density at radius 1 is 1.10 bits per heavy atom. The summed E-state index contributed by atoms with van der Waals surface area (Å²) in [7, 11) is -3.99. The van der Waals surface area contributed by atoms with E-state index < -0.39 is 21.7 Å². The maximum absolute atomic E-state index is 13.6. The van der Waals surface area contributed by atoms with E-state index in [1.165, 1.54) is 19.1 Å². The molecule has 0 unspecified atom stereocenters. The van der Waals surface area contributed by atoms with Crippen LogP contribution < -0.4 is 10.5 Å². The normalized spacial score (nSPS) is 11.3. The predicted molar refractivity (Wildman–Crippen MR) is 72.8 cm³/mol. The average Bonchev–Trinajstić information content (AvgIpc) is 2.32. The number of nitrogens with one attached hydrogen (secondary N) is 1. The zero-order valence-corrected chi connectivity index (χ0v) is 11.3. The van der Waals surface area contributed by atoms with Crippen molar-refractivity contribution < 1.29 is 17.2 Å². The average molecular weight is 298 g/mol. The van der Waals surface area contributed by atoms with Gasteiger partial charge in [-0.2, -0.15) is 0 Å². The van der Waals surface area contributed by atoms with Gasteiger partial charge in [0.05, 0.1) is 10.6 Å². The smallest absolute Gasteiger partial charge is 0.262 e. The Hall–Kier alpha value is -2.15. The standard InChI is InChI=1S/C13H12F2N2O2S/c1-8-6-9(14)2-5-13(8)20(18,19)17-12-4-3-10(16)7-11(12)15/h2-7,17H,16H2,1H3. The number of halogens is 2. The Labute approximate surface area is 115 Å². The monoisotopic (exact) mass is 298 g/mol. The molecular formula is C13H12F2N2O2S. The molecule has 0 saturated heterocycles. The van der Waals surface area contributed by atoms with E-state index in [1.807, 2.05) is 0 Å². The fraction of sp³-hybridized carbons (Fsp3) is 0.0769. The van der Waals surface area contributed by atoms with Crippen LogP contribution in [0.25, 0.3) is 0 Å². The first-order valence-electron chi connectivity index (χ1n) is 5.63. The maximum atomic E-state index is 13.6. The summed E-state index contributed by atoms with van der Waals surface area (Å²) in [6.07, 6.45) is 0. The van der Waals surface area contributed by atoms with Crippen molar-refractivity contribution in [1.82, 2.24) is 0 Å². The van der Waals surface area contributed by atoms with E-state index in [0.717, 1.165) is 24.3 Å². The summed E-state index contributed by atoms with van der Waals surface area (Å²) < 4.78 is 53.0. The van der Waals surface area contributed by atoms with Crippen molar-refractivity contribution in [3.05, 3.63) is 53.6 Å². The van der Waals surface area contributed by atoms with Crippen molar-refractivity contribution in [3.8, 4) is 0 Å². The first kappa shape index (κ1) is 14.3. The van der Waals surface area contributed by atoms with E-state index in [-0.39, 0.29) is 21.8 Å². The molecule has 2 rings (SSSR count). The third-order valence-corrected chi connectivity index (χ3v) is 4.19. The van der Waals surface area contributed by atoms with E-state index in [4.69, 9.17) is 5.73 Å². The summed E-state index contributed by atoms with van der Waals surface area (Å²) in [5.74, 6) is -1.33. The summed E-state index contributed by atoms with van der Waals surface area (Å²) in [6, 6.07) is 6.85. The minimum absolute atomic E-state index is 0.116. The number of hydrogen-bond acceptors (Lipinski definition) is 3. The van der Waals surface area contributed by atoms with Crippen molar-refractivity contribution in [2.75, 3.05) is 10.5 Å². The second-order valence-electron chi connectivity index (χ2n) is 4.25. The molecule has 7 heteroatoms. The fourth-order valence-electron chi connectivity index (χ4n) is 1.73. The van der Waals surface area contributed by atoms with Gasteiger partial charge in [-0.25, -0.2) is 17.2 Å². The van der Waals surface area contributed by atoms with Crippen molar-refractivity contribution in [2.24, 2.45) is 0 Å². The number of nitrogen functional groups attached to an aromatic ring is 1. The van der Waals surface area contributed by atoms with Gasteiger partial charge >= 0.3 is 0 Å². The quantitative estimate of drug-likeness (QED) is 0.856. The van der Waals surface area contributed by atoms with E-state index in [0.29, 0.717) is 0 Å². The molecule has 0 fully saturated rings. The van der Waals surface area contributed by atoms with Gasteiger partial charge in [0, 0.05) is 5.69 Å². The molecule has 106 valence electrons. The van der Waals surface area contributed by atoms with Crippen LogP contribution in [-0.4, -0.2) is 8.42 Å². The van der Waals surface area contributed by atoms with Gasteiger partial charge in [0.15, 0.2) is 0 Å². The van der Waals surface area contributed by atoms with Gasteiger partial charge in [-0.15, -0.1) is 0 Å². The van der Waals surface area contributed by atoms with Crippen LogP contribution in [0.3, 0.4) is 0 Å². The molecule has 0 radical (unpaired) electrons. The van der Waals surface area contributed by atoms with Crippen molar-refractivity contribution in [3.63, 3.8) is 0 Å². The molecule has 0 amide bonds. The molecule has 0 aliphatic heterocycles. The lowest BCUT2D eigenvalue weighted by molar-refractivity contribution is 0.596. The third kappa shape index (κ3) is 2.88. The zero-order chi connectivity index (χ0) is 14.9. The summed E-state index contributed by atoms with van der Waals surface area (Å²) in [5.41, 5.74) is 5.58. The highest BCUT2D eigenvalue weighted by Gasteiger charge is 2.19. The number of benzene rings is 2. The van der Waals surface area contributed by atoms with Crippen LogP contribution >= 0.6 is 0 Å². The van der Waals surface area contributed by atoms with Gasteiger partial charge in [0.2, 0.25) is 0 Å². The number of hydrogen-bond donors (Lipinski definition) is 2. The highest BCUT2D eigenvalue weighted by Crippen LogP contribution is 2.23. The molecular weight excluding hydrogens is 286 g/mol. The predicted octanol–water partition coefficient (Wildman–Crippen LogP) is 2.66. The van der Waals surface area contributed by atoms with Gasteiger partial charge in [-0.1, -0.05) is 0 Å². The van der Waals surface area contributed by atoms with Gasteiger partial charge in [-0.3, -0.25) is 4.72 Å². The number of anilines is 2. The SMILES string of the molecule is Cc1cc(F)ccc1S(=O)(=O)Nc1ccc(N)cc1F. The van der Waals surface area contributed by atoms with E-state index in [9.17, 15) is 17.2 Å². The Morgan fingerprint density at radius 2 is 1.80 bits per heavy atom. The molecule has 4 nitrogen and oxygen atoms in total. The molecule has 0 aliphatic rings. The molecule has 2 aromatic rings. The third-order valence-electron chi connectivity index (χ3n) is 2.66. The molecule has 0 saturated carbocycles. The lowest BCUT2D eigenvalue weighted by Crippen LogP contribution is -2.15. The fourth-order valence-corrected chi connectivity index (χ4v) is 3.02. The Balaban J connectivity index is 2.41. The lowest BCUT2D eigenvalue weighted by Gasteiger charge is -2.11. The number of aryl methyl sites for hydroxylation is 1. The second kappa shape index (κ2) is 5.09. The first-order valence-corrected chi connectivity index (χ1v) is 7.12. The largest absolute Gasteiger partial charge is 0.399 e. The molecule has 2 aromatic carbocycles. The Kier molecular flexibility index (Phi) is 3.63. The molecule has 0 aliphatic carbocycles. The van der Waals surface area contributed by atoms with Crippen LogP contribution in [0.2, 0.25) is 0 Å². The van der Waals surface area contributed by atoms with Crippen molar-refractivity contribution in [1.29, 1.82) is 0 Å². The summed E-state index contributed by atoms with van der Waals surface area (Å²) in [6.45, 7) is 1.46. The molecule has 0 aromatic heterocycles. The topological polar surface area (TPSA) is 72.2 Å². The maximum Gasteiger partial charge on any atom is 0.262 e. The highest BCUT2D eigenvalue weighted by atomic mass is 32.2. The Bertz CT molecular complexity index is 761. The number of sulfonamides is 1. The lowest BCUT2D eigenvalue weighted by atomic mass is 10.2. The molecule has 0 spiro atoms. The molecule has 3 N–H and O–H groups in total. The summed E-state index contributed by atoms with van der Waals surface area (Å²) >= 11 is 0. The van der Waals surface area contributed by atoms with Gasteiger partial charge in [-0.05, 0) is 48.9 Å². The Morgan fingerprint density at radius 3 is 2.40 bits per heavy atom. The molecule has 0 bridgehead atoms. The van der Waals surface area contributed by atoms with Crippen LogP contribution in [0.15, 0.2) is 41.3 Å². The van der Waals surface area contributed by atoms with Gasteiger partial charge in [0.1, 0.15) is 11.6 Å². The highest BCUT2D eigenvalue weighted by molar-refractivity contribution is 7.92. The molecule has 20 heavy (non-hydrogen) atoms. The molecule has 0 atom stereocenters. The van der Waals surface area contributed by atoms with E-state index >= 15 is 0 Å². The summed E-state index contributed by atoms with van der Waals surface area (Å²) in [5, 5.41) is 0. The van der Waals surface area contributed by atoms with Crippen LogP contribution in [0.4, 0.5) is 20.2 Å². The van der Waals surface area contributed by atoms with Gasteiger partial charge in [0.25, 0.3) is 10.0 Å². The molecule has 0 heterocycles. The second-order valence-corrected chi connectivity index (χ2v) is 5.91. The number of nitrogens with two attached hydrogens (primary N) is 1. The minimum Gasteiger partial charge on any atom is -0.399 e. The van der Waals surface area contributed by atoms with Crippen LogP contribution in [0.5, 0.6) is 0 Å². The van der Waals surface area contributed by atoms with Crippen molar-refractivity contribution >= 4 is 21.4 Å². The van der Waals surface area contributed by atoms with Crippen LogP contribution in [0.1, 0.15) is 5.56 Å². The minimum atomic E-state index is -3.99. The number of rotatable bonds is 3. The van der Waals surface area contributed by atoms with E-state index in [2.05, 4.69) is 4.72 Å². The van der Waals surface area contributed by atoms with Crippen LogP contribution in [-0.2, 0) is 10.0 Å². The summed E-state index contributed by atoms with van der Waals surface area (Å²) in [4.78, 5) is -0.116. The van der Waals surface area contributed by atoms with Crippen molar-refractivity contribution in [2.45, 2.75) is 11.8 Å². The first-order chi connectivity index (χ1) is 9.29. The zero-order valence-electron chi connectivity index (χ0n) is 10.5.